The zero-order chi connectivity index (χ0) is 22.1. The molecule has 3 aliphatic rings. The van der Waals surface area contributed by atoms with Crippen LogP contribution in [0, 0.1) is 30.0 Å². The largest absolute Gasteiger partial charge is 0.369 e. The molecule has 32 heavy (non-hydrogen) atoms. The monoisotopic (exact) mass is 434 g/mol. The SMILES string of the molecule is Cc1cnc(Nc2cc(C#N)c(C3CC3)cc2F)nc1NC[C@@H]1CCCN2CCCC[C@H]12. The fourth-order valence-corrected chi connectivity index (χ4v) is 5.36. The first-order valence-corrected chi connectivity index (χ1v) is 11.9. The summed E-state index contributed by atoms with van der Waals surface area (Å²) in [6.45, 7) is 5.34. The highest BCUT2D eigenvalue weighted by Gasteiger charge is 2.33. The average molecular weight is 435 g/mol. The van der Waals surface area contributed by atoms with E-state index < -0.39 is 0 Å². The van der Waals surface area contributed by atoms with Crippen molar-refractivity contribution in [3.05, 3.63) is 40.8 Å². The molecular weight excluding hydrogens is 403 g/mol. The molecule has 7 heteroatoms. The molecule has 1 aromatic heterocycles. The fraction of sp³-hybridized carbons (Fsp3) is 0.560. The lowest BCUT2D eigenvalue weighted by Gasteiger charge is -2.44. The molecule has 2 saturated heterocycles. The third kappa shape index (κ3) is 4.42. The summed E-state index contributed by atoms with van der Waals surface area (Å²) in [4.78, 5) is 11.6. The van der Waals surface area contributed by atoms with Gasteiger partial charge in [0.1, 0.15) is 11.6 Å². The van der Waals surface area contributed by atoms with Gasteiger partial charge in [-0.25, -0.2) is 9.37 Å². The van der Waals surface area contributed by atoms with E-state index >= 15 is 0 Å². The first-order chi connectivity index (χ1) is 15.6. The van der Waals surface area contributed by atoms with Crippen molar-refractivity contribution in [3.8, 4) is 6.07 Å². The van der Waals surface area contributed by atoms with E-state index in [1.165, 1.54) is 51.3 Å². The van der Waals surface area contributed by atoms with Crippen LogP contribution in [-0.2, 0) is 0 Å². The van der Waals surface area contributed by atoms with Gasteiger partial charge in [0, 0.05) is 24.3 Å². The summed E-state index contributed by atoms with van der Waals surface area (Å²) < 4.78 is 14.7. The number of piperidine rings is 2. The van der Waals surface area contributed by atoms with E-state index in [0.717, 1.165) is 36.3 Å². The van der Waals surface area contributed by atoms with Crippen LogP contribution in [0.25, 0.3) is 0 Å². The predicted octanol–water partition coefficient (Wildman–Crippen LogP) is 5.09. The van der Waals surface area contributed by atoms with Gasteiger partial charge in [-0.15, -0.1) is 0 Å². The summed E-state index contributed by atoms with van der Waals surface area (Å²) in [6, 6.07) is 5.95. The Balaban J connectivity index is 1.29. The summed E-state index contributed by atoms with van der Waals surface area (Å²) in [6.07, 6.45) is 10.3. The van der Waals surface area contributed by atoms with Crippen LogP contribution in [0.5, 0.6) is 0 Å². The molecule has 3 fully saturated rings. The number of halogens is 1. The quantitative estimate of drug-likeness (QED) is 0.659. The van der Waals surface area contributed by atoms with E-state index in [-0.39, 0.29) is 11.5 Å². The minimum absolute atomic E-state index is 0.242. The van der Waals surface area contributed by atoms with Crippen LogP contribution in [0.3, 0.4) is 0 Å². The maximum Gasteiger partial charge on any atom is 0.229 e. The Kier molecular flexibility index (Phi) is 5.97. The van der Waals surface area contributed by atoms with Crippen molar-refractivity contribution in [2.24, 2.45) is 5.92 Å². The molecule has 0 spiro atoms. The smallest absolute Gasteiger partial charge is 0.229 e. The van der Waals surface area contributed by atoms with Crippen LogP contribution in [0.4, 0.5) is 21.8 Å². The second-order valence-electron chi connectivity index (χ2n) is 9.54. The number of anilines is 3. The van der Waals surface area contributed by atoms with Crippen molar-refractivity contribution in [1.29, 1.82) is 5.26 Å². The number of fused-ring (bicyclic) bond motifs is 1. The molecule has 5 rings (SSSR count). The van der Waals surface area contributed by atoms with Gasteiger partial charge >= 0.3 is 0 Å². The fourth-order valence-electron chi connectivity index (χ4n) is 5.36. The van der Waals surface area contributed by atoms with E-state index in [2.05, 4.69) is 31.6 Å². The molecule has 168 valence electrons. The van der Waals surface area contributed by atoms with E-state index in [1.807, 2.05) is 6.92 Å². The third-order valence-electron chi connectivity index (χ3n) is 7.26. The van der Waals surface area contributed by atoms with Crippen molar-refractivity contribution < 1.29 is 4.39 Å². The Morgan fingerprint density at radius 2 is 2.00 bits per heavy atom. The maximum absolute atomic E-state index is 14.7. The number of aryl methyl sites for hydroxylation is 1. The molecule has 3 heterocycles. The molecule has 2 atom stereocenters. The zero-order valence-electron chi connectivity index (χ0n) is 18.7. The third-order valence-corrected chi connectivity index (χ3v) is 7.26. The van der Waals surface area contributed by atoms with Gasteiger partial charge in [0.25, 0.3) is 0 Å². The standard InChI is InChI=1S/C25H31FN6/c1-16-14-29-25(30-22-11-19(13-27)20(12-21(22)26)17-7-8-17)31-24(16)28-15-18-5-4-10-32-9-3-2-6-23(18)32/h11-12,14,17-18,23H,2-10,15H2,1H3,(H2,28,29,30,31)/t18-,23+/m0/s1. The molecule has 0 unspecified atom stereocenters. The summed E-state index contributed by atoms with van der Waals surface area (Å²) >= 11 is 0. The summed E-state index contributed by atoms with van der Waals surface area (Å²) in [5.41, 5.74) is 2.54. The Morgan fingerprint density at radius 1 is 1.16 bits per heavy atom. The van der Waals surface area contributed by atoms with Crippen molar-refractivity contribution in [2.75, 3.05) is 30.3 Å². The van der Waals surface area contributed by atoms with E-state index in [4.69, 9.17) is 0 Å². The molecule has 6 nitrogen and oxygen atoms in total. The second-order valence-corrected chi connectivity index (χ2v) is 9.54. The number of rotatable bonds is 6. The predicted molar refractivity (Wildman–Crippen MR) is 124 cm³/mol. The van der Waals surface area contributed by atoms with Gasteiger partial charge in [-0.3, -0.25) is 0 Å². The topological polar surface area (TPSA) is 76.9 Å². The first-order valence-electron chi connectivity index (χ1n) is 11.9. The number of hydrogen-bond donors (Lipinski definition) is 2. The molecule has 2 N–H and O–H groups in total. The molecule has 1 saturated carbocycles. The molecule has 2 aliphatic heterocycles. The van der Waals surface area contributed by atoms with Crippen molar-refractivity contribution in [3.63, 3.8) is 0 Å². The van der Waals surface area contributed by atoms with Gasteiger partial charge in [0.2, 0.25) is 5.95 Å². The molecule has 0 bridgehead atoms. The zero-order valence-corrected chi connectivity index (χ0v) is 18.7. The molecule has 1 aromatic carbocycles. The maximum atomic E-state index is 14.7. The molecule has 1 aliphatic carbocycles. The minimum Gasteiger partial charge on any atom is -0.369 e. The number of nitriles is 1. The van der Waals surface area contributed by atoms with Gasteiger partial charge in [-0.05, 0) is 88.1 Å². The number of aromatic nitrogens is 2. The summed E-state index contributed by atoms with van der Waals surface area (Å²) in [5, 5.41) is 16.0. The van der Waals surface area contributed by atoms with Crippen LogP contribution in [0.1, 0.15) is 67.6 Å². The molecule has 2 aromatic rings. The number of benzene rings is 1. The van der Waals surface area contributed by atoms with Gasteiger partial charge in [0.15, 0.2) is 0 Å². The van der Waals surface area contributed by atoms with Gasteiger partial charge < -0.3 is 15.5 Å². The van der Waals surface area contributed by atoms with Crippen LogP contribution < -0.4 is 10.6 Å². The number of hydrogen-bond acceptors (Lipinski definition) is 6. The molecule has 0 amide bonds. The van der Waals surface area contributed by atoms with Crippen molar-refractivity contribution in [2.45, 2.75) is 63.8 Å². The van der Waals surface area contributed by atoms with Crippen LogP contribution in [0.2, 0.25) is 0 Å². The van der Waals surface area contributed by atoms with E-state index in [9.17, 15) is 9.65 Å². The second kappa shape index (κ2) is 9.03. The number of nitrogens with zero attached hydrogens (tertiary/aromatic N) is 4. The van der Waals surface area contributed by atoms with E-state index in [1.54, 1.807) is 12.3 Å². The lowest BCUT2D eigenvalue weighted by Crippen LogP contribution is -2.49. The normalized spacial score (nSPS) is 23.3. The molecular formula is C25H31FN6. The summed E-state index contributed by atoms with van der Waals surface area (Å²) in [5.74, 6) is 1.69. The lowest BCUT2D eigenvalue weighted by molar-refractivity contribution is 0.0649. The van der Waals surface area contributed by atoms with Crippen molar-refractivity contribution in [1.82, 2.24) is 14.9 Å². The highest BCUT2D eigenvalue weighted by molar-refractivity contribution is 5.61. The molecule has 0 radical (unpaired) electrons. The highest BCUT2D eigenvalue weighted by Crippen LogP contribution is 2.43. The first kappa shape index (κ1) is 21.1. The minimum atomic E-state index is -0.371. The Bertz CT molecular complexity index is 1030. The Morgan fingerprint density at radius 3 is 2.81 bits per heavy atom. The Hall–Kier alpha value is -2.72. The van der Waals surface area contributed by atoms with Gasteiger partial charge in [0.05, 0.1) is 17.3 Å². The van der Waals surface area contributed by atoms with Gasteiger partial charge in [-0.2, -0.15) is 10.2 Å². The average Bonchev–Trinajstić information content (AvgIpc) is 3.66. The Labute approximate surface area is 189 Å². The lowest BCUT2D eigenvalue weighted by atomic mass is 9.83. The van der Waals surface area contributed by atoms with E-state index in [0.29, 0.717) is 29.4 Å². The highest BCUT2D eigenvalue weighted by atomic mass is 19.1. The summed E-state index contributed by atoms with van der Waals surface area (Å²) in [7, 11) is 0. The van der Waals surface area contributed by atoms with Crippen LogP contribution >= 0.6 is 0 Å². The van der Waals surface area contributed by atoms with Gasteiger partial charge in [-0.1, -0.05) is 6.42 Å². The number of nitrogens with one attached hydrogen (secondary N) is 2. The van der Waals surface area contributed by atoms with Crippen LogP contribution in [0.15, 0.2) is 18.3 Å². The van der Waals surface area contributed by atoms with Crippen LogP contribution in [-0.4, -0.2) is 40.5 Å². The van der Waals surface area contributed by atoms with Crippen molar-refractivity contribution >= 4 is 17.5 Å².